The first-order valence-electron chi connectivity index (χ1n) is 6.67. The lowest BCUT2D eigenvalue weighted by Crippen LogP contribution is -2.56. The van der Waals surface area contributed by atoms with Gasteiger partial charge >= 0.3 is 0 Å². The van der Waals surface area contributed by atoms with Gasteiger partial charge in [0.05, 0.1) is 6.61 Å². The molecule has 0 saturated carbocycles. The zero-order valence-electron chi connectivity index (χ0n) is 12.0. The molecule has 3 aliphatic rings. The summed E-state index contributed by atoms with van der Waals surface area (Å²) in [6.45, 7) is 7.97. The summed E-state index contributed by atoms with van der Waals surface area (Å²) in [5.74, 6) is -1.31. The van der Waals surface area contributed by atoms with Gasteiger partial charge in [-0.2, -0.15) is 0 Å². The Hall–Kier alpha value is -0.240. The Morgan fingerprint density at radius 2 is 1.42 bits per heavy atom. The maximum Gasteiger partial charge on any atom is 0.190 e. The second-order valence-corrected chi connectivity index (χ2v) is 6.16. The van der Waals surface area contributed by atoms with Crippen LogP contribution in [0.15, 0.2) is 0 Å². The first kappa shape index (κ1) is 13.7. The molecule has 19 heavy (non-hydrogen) atoms. The number of ether oxygens (including phenoxy) is 6. The van der Waals surface area contributed by atoms with Crippen LogP contribution in [0.4, 0.5) is 0 Å². The molecular formula is C13H22O6. The summed E-state index contributed by atoms with van der Waals surface area (Å²) < 4.78 is 34.7. The third-order valence-electron chi connectivity index (χ3n) is 3.58. The predicted molar refractivity (Wildman–Crippen MR) is 64.4 cm³/mol. The maximum absolute atomic E-state index is 5.97. The molecule has 0 amide bonds. The van der Waals surface area contributed by atoms with E-state index in [0.717, 1.165) is 0 Å². The minimum Gasteiger partial charge on any atom is -0.382 e. The summed E-state index contributed by atoms with van der Waals surface area (Å²) >= 11 is 0. The minimum absolute atomic E-state index is 0.198. The molecule has 0 aromatic carbocycles. The van der Waals surface area contributed by atoms with Crippen molar-refractivity contribution in [1.29, 1.82) is 0 Å². The van der Waals surface area contributed by atoms with E-state index in [4.69, 9.17) is 28.4 Å². The van der Waals surface area contributed by atoms with Crippen molar-refractivity contribution in [2.75, 3.05) is 13.7 Å². The van der Waals surface area contributed by atoms with Gasteiger partial charge in [-0.15, -0.1) is 0 Å². The van der Waals surface area contributed by atoms with E-state index in [1.165, 1.54) is 0 Å². The molecule has 0 aromatic heterocycles. The van der Waals surface area contributed by atoms with Crippen molar-refractivity contribution in [3.63, 3.8) is 0 Å². The van der Waals surface area contributed by atoms with Gasteiger partial charge in [0, 0.05) is 7.11 Å². The van der Waals surface area contributed by atoms with Gasteiger partial charge < -0.3 is 28.4 Å². The average molecular weight is 274 g/mol. The fraction of sp³-hybridized carbons (Fsp3) is 1.00. The molecule has 0 radical (unpaired) electrons. The Morgan fingerprint density at radius 1 is 0.842 bits per heavy atom. The highest BCUT2D eigenvalue weighted by Gasteiger charge is 2.60. The standard InChI is InChI=1S/C13H22O6/c1-12(2)16-8-7(6-14-5)15-11-10(9(8)17-12)18-13(3,4)19-11/h7-11H,6H2,1-5H3/t7?,8-,9-,10?,11+/m0/s1. The monoisotopic (exact) mass is 274 g/mol. The van der Waals surface area contributed by atoms with Gasteiger partial charge in [-0.05, 0) is 27.7 Å². The molecule has 0 aromatic rings. The van der Waals surface area contributed by atoms with E-state index in [9.17, 15) is 0 Å². The number of hydrogen-bond acceptors (Lipinski definition) is 6. The summed E-state index contributed by atoms with van der Waals surface area (Å²) in [6.07, 6.45) is -1.32. The molecule has 2 unspecified atom stereocenters. The molecule has 3 rings (SSSR count). The van der Waals surface area contributed by atoms with Gasteiger partial charge in [-0.3, -0.25) is 0 Å². The van der Waals surface area contributed by atoms with Crippen molar-refractivity contribution in [3.8, 4) is 0 Å². The van der Waals surface area contributed by atoms with E-state index in [1.54, 1.807) is 7.11 Å². The zero-order valence-corrected chi connectivity index (χ0v) is 12.0. The summed E-state index contributed by atoms with van der Waals surface area (Å²) in [5.41, 5.74) is 0. The summed E-state index contributed by atoms with van der Waals surface area (Å²) in [5, 5.41) is 0. The molecule has 3 aliphatic heterocycles. The Balaban J connectivity index is 1.84. The van der Waals surface area contributed by atoms with Crippen LogP contribution in [0.1, 0.15) is 27.7 Å². The number of rotatable bonds is 2. The van der Waals surface area contributed by atoms with Crippen molar-refractivity contribution in [2.45, 2.75) is 70.0 Å². The highest BCUT2D eigenvalue weighted by Crippen LogP contribution is 2.43. The normalized spacial score (nSPS) is 46.9. The van der Waals surface area contributed by atoms with Gasteiger partial charge in [-0.25, -0.2) is 0 Å². The van der Waals surface area contributed by atoms with Gasteiger partial charge in [-0.1, -0.05) is 0 Å². The van der Waals surface area contributed by atoms with E-state index in [0.29, 0.717) is 6.61 Å². The third-order valence-corrected chi connectivity index (χ3v) is 3.58. The molecule has 5 atom stereocenters. The van der Waals surface area contributed by atoms with Crippen LogP contribution >= 0.6 is 0 Å². The van der Waals surface area contributed by atoms with E-state index >= 15 is 0 Å². The van der Waals surface area contributed by atoms with Crippen LogP contribution in [-0.2, 0) is 28.4 Å². The minimum atomic E-state index is -0.669. The van der Waals surface area contributed by atoms with Gasteiger partial charge in [0.15, 0.2) is 17.9 Å². The molecular weight excluding hydrogens is 252 g/mol. The second kappa shape index (κ2) is 4.38. The molecule has 0 N–H and O–H groups in total. The van der Waals surface area contributed by atoms with Crippen molar-refractivity contribution >= 4 is 0 Å². The van der Waals surface area contributed by atoms with E-state index in [2.05, 4.69) is 0 Å². The summed E-state index contributed by atoms with van der Waals surface area (Å²) in [6, 6.07) is 0. The molecule has 0 aliphatic carbocycles. The predicted octanol–water partition coefficient (Wildman–Crippen LogP) is 1.03. The lowest BCUT2D eigenvalue weighted by atomic mass is 9.99. The first-order valence-corrected chi connectivity index (χ1v) is 6.67. The molecule has 6 heteroatoms. The number of methoxy groups -OCH3 is 1. The Bertz CT molecular complexity index is 355. The van der Waals surface area contributed by atoms with Crippen LogP contribution in [0.3, 0.4) is 0 Å². The summed E-state index contributed by atoms with van der Waals surface area (Å²) in [4.78, 5) is 0. The quantitative estimate of drug-likeness (QED) is 0.749. The highest BCUT2D eigenvalue weighted by atomic mass is 16.9. The molecule has 110 valence electrons. The van der Waals surface area contributed by atoms with Crippen LogP contribution in [0.25, 0.3) is 0 Å². The largest absolute Gasteiger partial charge is 0.382 e. The van der Waals surface area contributed by atoms with E-state index < -0.39 is 17.9 Å². The molecule has 3 fully saturated rings. The van der Waals surface area contributed by atoms with Crippen LogP contribution in [-0.4, -0.2) is 56.0 Å². The van der Waals surface area contributed by atoms with Crippen molar-refractivity contribution in [3.05, 3.63) is 0 Å². The van der Waals surface area contributed by atoms with Gasteiger partial charge in [0.1, 0.15) is 24.4 Å². The zero-order chi connectivity index (χ0) is 13.8. The van der Waals surface area contributed by atoms with Gasteiger partial charge in [0.2, 0.25) is 0 Å². The van der Waals surface area contributed by atoms with E-state index in [1.807, 2.05) is 27.7 Å². The molecule has 3 heterocycles. The second-order valence-electron chi connectivity index (χ2n) is 6.16. The topological polar surface area (TPSA) is 55.4 Å². The van der Waals surface area contributed by atoms with Crippen molar-refractivity contribution < 1.29 is 28.4 Å². The molecule has 0 spiro atoms. The SMILES string of the molecule is COCC1O[C@@H]2OC(C)(C)OC2[C@H]2OC(C)(C)O[C@@H]12. The highest BCUT2D eigenvalue weighted by molar-refractivity contribution is 4.99. The lowest BCUT2D eigenvalue weighted by molar-refractivity contribution is -0.241. The Labute approximate surface area is 113 Å². The maximum atomic E-state index is 5.97. The third kappa shape index (κ3) is 2.41. The number of fused-ring (bicyclic) bond motifs is 3. The molecule has 0 bridgehead atoms. The Morgan fingerprint density at radius 3 is 2.11 bits per heavy atom. The van der Waals surface area contributed by atoms with Crippen molar-refractivity contribution in [2.24, 2.45) is 0 Å². The lowest BCUT2D eigenvalue weighted by Gasteiger charge is -2.36. The first-order chi connectivity index (χ1) is 8.81. The van der Waals surface area contributed by atoms with Crippen LogP contribution in [0.2, 0.25) is 0 Å². The fourth-order valence-electron chi connectivity index (χ4n) is 2.99. The molecule has 6 nitrogen and oxygen atoms in total. The average Bonchev–Trinajstić information content (AvgIpc) is 2.74. The smallest absolute Gasteiger partial charge is 0.190 e. The summed E-state index contributed by atoms with van der Waals surface area (Å²) in [7, 11) is 1.64. The van der Waals surface area contributed by atoms with Crippen LogP contribution in [0.5, 0.6) is 0 Å². The number of hydrogen-bond donors (Lipinski definition) is 0. The van der Waals surface area contributed by atoms with Crippen LogP contribution in [0, 0.1) is 0 Å². The Kier molecular flexibility index (Phi) is 3.16. The van der Waals surface area contributed by atoms with Crippen molar-refractivity contribution in [1.82, 2.24) is 0 Å². The van der Waals surface area contributed by atoms with Crippen LogP contribution < -0.4 is 0 Å². The van der Waals surface area contributed by atoms with Gasteiger partial charge in [0.25, 0.3) is 0 Å². The van der Waals surface area contributed by atoms with E-state index in [-0.39, 0.29) is 24.4 Å². The fourth-order valence-corrected chi connectivity index (χ4v) is 2.99. The molecule has 3 saturated heterocycles.